The zero-order chi connectivity index (χ0) is 27.7. The minimum atomic E-state index is -5.08. The Morgan fingerprint density at radius 1 is 0.974 bits per heavy atom. The smallest absolute Gasteiger partial charge is 0.490 e. The molecule has 0 atom stereocenters. The monoisotopic (exact) mass is 534 g/mol. The molecule has 0 unspecified atom stereocenters. The van der Waals surface area contributed by atoms with Crippen molar-refractivity contribution in [2.24, 2.45) is 0 Å². The first-order chi connectivity index (χ1) is 18.0. The molecule has 1 amide bonds. The number of phenols is 1. The van der Waals surface area contributed by atoms with Gasteiger partial charge in [-0.3, -0.25) is 9.69 Å². The van der Waals surface area contributed by atoms with Crippen molar-refractivity contribution in [3.8, 4) is 5.75 Å². The molecule has 0 aliphatic carbocycles. The average Bonchev–Trinajstić information content (AvgIpc) is 3.10. The number of anilines is 2. The third-order valence-electron chi connectivity index (χ3n) is 5.58. The number of rotatable bonds is 5. The Bertz CT molecular complexity index is 1240. The number of carbonyl (C=O) groups is 2. The Kier molecular flexibility index (Phi) is 9.61. The van der Waals surface area contributed by atoms with E-state index >= 15 is 0 Å². The number of nitrogens with zero attached hydrogens (tertiary/aromatic N) is 3. The van der Waals surface area contributed by atoms with Crippen LogP contribution in [0.4, 0.5) is 29.1 Å². The van der Waals surface area contributed by atoms with E-state index in [9.17, 15) is 27.5 Å². The van der Waals surface area contributed by atoms with Crippen molar-refractivity contribution in [1.29, 1.82) is 0 Å². The van der Waals surface area contributed by atoms with E-state index in [1.54, 1.807) is 24.4 Å². The summed E-state index contributed by atoms with van der Waals surface area (Å²) >= 11 is 0. The number of phenolic OH excluding ortho intramolecular Hbond substituents is 1. The van der Waals surface area contributed by atoms with Gasteiger partial charge in [-0.05, 0) is 54.4 Å². The number of aromatic hydroxyl groups is 1. The summed E-state index contributed by atoms with van der Waals surface area (Å²) in [6.45, 7) is 4.33. The molecule has 3 aromatic rings. The molecule has 0 spiro atoms. The molecule has 2 aromatic carbocycles. The van der Waals surface area contributed by atoms with Gasteiger partial charge in [0.2, 0.25) is 0 Å². The predicted octanol–water partition coefficient (Wildman–Crippen LogP) is 4.52. The molecule has 1 fully saturated rings. The van der Waals surface area contributed by atoms with Crippen molar-refractivity contribution in [3.63, 3.8) is 0 Å². The second-order valence-corrected chi connectivity index (χ2v) is 8.45. The second kappa shape index (κ2) is 12.9. The van der Waals surface area contributed by atoms with Crippen LogP contribution in [0.3, 0.4) is 0 Å². The Labute approximate surface area is 216 Å². The summed E-state index contributed by atoms with van der Waals surface area (Å²) in [6, 6.07) is 16.5. The molecule has 4 rings (SSSR count). The van der Waals surface area contributed by atoms with Gasteiger partial charge in [0.1, 0.15) is 17.4 Å². The van der Waals surface area contributed by atoms with E-state index in [1.807, 2.05) is 18.2 Å². The molecule has 2 heterocycles. The lowest BCUT2D eigenvalue weighted by atomic mass is 10.2. The number of aliphatic carboxylic acids is 1. The first kappa shape index (κ1) is 28.4. The number of halogens is 4. The van der Waals surface area contributed by atoms with Gasteiger partial charge in [-0.1, -0.05) is 12.1 Å². The number of aromatic nitrogens is 1. The van der Waals surface area contributed by atoms with E-state index in [4.69, 9.17) is 9.90 Å². The maximum absolute atomic E-state index is 13.1. The van der Waals surface area contributed by atoms with Gasteiger partial charge in [0.25, 0.3) is 5.91 Å². The van der Waals surface area contributed by atoms with Crippen molar-refractivity contribution in [1.82, 2.24) is 9.88 Å². The normalized spacial score (nSPS) is 14.2. The van der Waals surface area contributed by atoms with E-state index in [2.05, 4.69) is 20.1 Å². The van der Waals surface area contributed by atoms with Crippen LogP contribution >= 0.6 is 0 Å². The highest BCUT2D eigenvalue weighted by Gasteiger charge is 2.38. The number of hydrogen-bond donors (Lipinski definition) is 3. The zero-order valence-corrected chi connectivity index (χ0v) is 20.2. The number of hydrogen-bond acceptors (Lipinski definition) is 6. The van der Waals surface area contributed by atoms with Gasteiger partial charge in [-0.2, -0.15) is 13.2 Å². The van der Waals surface area contributed by atoms with Crippen LogP contribution in [0.15, 0.2) is 66.9 Å². The van der Waals surface area contributed by atoms with Crippen molar-refractivity contribution in [2.45, 2.75) is 19.1 Å². The van der Waals surface area contributed by atoms with Gasteiger partial charge >= 0.3 is 12.1 Å². The number of amides is 1. The molecule has 1 saturated heterocycles. The quantitative estimate of drug-likeness (QED) is 0.413. The zero-order valence-electron chi connectivity index (χ0n) is 20.2. The number of carboxylic acids is 1. The van der Waals surface area contributed by atoms with Crippen molar-refractivity contribution in [3.05, 3.63) is 83.8 Å². The second-order valence-electron chi connectivity index (χ2n) is 8.45. The number of benzene rings is 2. The van der Waals surface area contributed by atoms with E-state index in [1.165, 1.54) is 24.3 Å². The maximum atomic E-state index is 13.1. The summed E-state index contributed by atoms with van der Waals surface area (Å²) in [5.74, 6) is -2.31. The number of nitrogens with one attached hydrogen (secondary N) is 1. The van der Waals surface area contributed by atoms with Crippen LogP contribution in [0.1, 0.15) is 22.3 Å². The number of alkyl halides is 3. The fraction of sp³-hybridized carbons (Fsp3) is 0.269. The lowest BCUT2D eigenvalue weighted by molar-refractivity contribution is -0.192. The van der Waals surface area contributed by atoms with Gasteiger partial charge in [-0.15, -0.1) is 0 Å². The molecule has 12 heteroatoms. The molecule has 1 aromatic heterocycles. The van der Waals surface area contributed by atoms with Crippen LogP contribution in [0.5, 0.6) is 5.75 Å². The molecule has 0 bridgehead atoms. The summed E-state index contributed by atoms with van der Waals surface area (Å²) in [4.78, 5) is 30.4. The fourth-order valence-corrected chi connectivity index (χ4v) is 3.74. The molecule has 0 radical (unpaired) electrons. The minimum Gasteiger partial charge on any atom is -0.508 e. The summed E-state index contributed by atoms with van der Waals surface area (Å²) < 4.78 is 44.8. The van der Waals surface area contributed by atoms with Crippen LogP contribution in [-0.4, -0.2) is 64.3 Å². The topological polar surface area (TPSA) is 106 Å². The standard InChI is InChI=1S/C24H25FN4O2.C2HF3O2/c25-20-7-5-19(6-8-20)24(31)27-21-9-10-26-23(16-21)29-12-2-11-28(13-14-29)17-18-3-1-4-22(30)15-18;3-2(4,5)1(6)7/h1,3-10,15-16,30H,2,11-14,17H2,(H,26,27,31);(H,6,7). The van der Waals surface area contributed by atoms with Crippen molar-refractivity contribution < 1.29 is 37.4 Å². The van der Waals surface area contributed by atoms with Crippen molar-refractivity contribution in [2.75, 3.05) is 36.4 Å². The average molecular weight is 535 g/mol. The Morgan fingerprint density at radius 2 is 1.68 bits per heavy atom. The summed E-state index contributed by atoms with van der Waals surface area (Å²) in [5.41, 5.74) is 2.15. The van der Waals surface area contributed by atoms with Crippen LogP contribution in [-0.2, 0) is 11.3 Å². The summed E-state index contributed by atoms with van der Waals surface area (Å²) in [7, 11) is 0. The van der Waals surface area contributed by atoms with Gasteiger partial charge < -0.3 is 20.4 Å². The third-order valence-corrected chi connectivity index (χ3v) is 5.58. The highest BCUT2D eigenvalue weighted by Crippen LogP contribution is 2.20. The maximum Gasteiger partial charge on any atom is 0.490 e. The highest BCUT2D eigenvalue weighted by molar-refractivity contribution is 6.04. The molecule has 8 nitrogen and oxygen atoms in total. The van der Waals surface area contributed by atoms with E-state index in [0.717, 1.165) is 50.5 Å². The first-order valence-electron chi connectivity index (χ1n) is 11.6. The molecular weight excluding hydrogens is 508 g/mol. The Hall–Kier alpha value is -4.19. The molecular formula is C26H26F4N4O4. The summed E-state index contributed by atoms with van der Waals surface area (Å²) in [6.07, 6.45) is -2.41. The minimum absolute atomic E-state index is 0.287. The Balaban J connectivity index is 0.000000505. The molecule has 1 aliphatic heterocycles. The van der Waals surface area contributed by atoms with Crippen LogP contribution < -0.4 is 10.2 Å². The van der Waals surface area contributed by atoms with Crippen LogP contribution in [0.25, 0.3) is 0 Å². The largest absolute Gasteiger partial charge is 0.508 e. The lowest BCUT2D eigenvalue weighted by Crippen LogP contribution is -2.31. The number of carbonyl (C=O) groups excluding carboxylic acids is 1. The van der Waals surface area contributed by atoms with Crippen LogP contribution in [0.2, 0.25) is 0 Å². The van der Waals surface area contributed by atoms with Crippen LogP contribution in [0, 0.1) is 5.82 Å². The molecule has 3 N–H and O–H groups in total. The van der Waals surface area contributed by atoms with E-state index < -0.39 is 12.1 Å². The highest BCUT2D eigenvalue weighted by atomic mass is 19.4. The summed E-state index contributed by atoms with van der Waals surface area (Å²) in [5, 5.41) is 19.7. The Morgan fingerprint density at radius 3 is 2.34 bits per heavy atom. The molecule has 202 valence electrons. The molecule has 1 aliphatic rings. The number of pyridine rings is 1. The van der Waals surface area contributed by atoms with Gasteiger partial charge in [0.15, 0.2) is 0 Å². The molecule has 0 saturated carbocycles. The van der Waals surface area contributed by atoms with Gasteiger partial charge in [-0.25, -0.2) is 14.2 Å². The third kappa shape index (κ3) is 8.73. The van der Waals surface area contributed by atoms with E-state index in [0.29, 0.717) is 11.3 Å². The van der Waals surface area contributed by atoms with Gasteiger partial charge in [0.05, 0.1) is 0 Å². The van der Waals surface area contributed by atoms with Gasteiger partial charge in [0, 0.05) is 56.2 Å². The van der Waals surface area contributed by atoms with Crippen molar-refractivity contribution >= 4 is 23.4 Å². The molecule has 38 heavy (non-hydrogen) atoms. The predicted molar refractivity (Wildman–Crippen MR) is 132 cm³/mol. The SMILES string of the molecule is O=C(Nc1ccnc(N2CCCN(Cc3cccc(O)c3)CC2)c1)c1ccc(F)cc1.O=C(O)C(F)(F)F. The van der Waals surface area contributed by atoms with E-state index in [-0.39, 0.29) is 17.5 Å². The fourth-order valence-electron chi connectivity index (χ4n) is 3.74. The number of carboxylic acid groups (broad SMARTS) is 1. The lowest BCUT2D eigenvalue weighted by Gasteiger charge is -2.23. The first-order valence-corrected chi connectivity index (χ1v) is 11.6.